The molecule has 1 aromatic heterocycles. The molecule has 2 aromatic rings. The Labute approximate surface area is 103 Å². The first-order valence-corrected chi connectivity index (χ1v) is 5.81. The number of pyridine rings is 1. The van der Waals surface area contributed by atoms with Gasteiger partial charge in [-0.25, -0.2) is 4.98 Å². The lowest BCUT2D eigenvalue weighted by Crippen LogP contribution is -1.83. The average Bonchev–Trinajstić information content (AvgIpc) is 2.39. The van der Waals surface area contributed by atoms with Gasteiger partial charge >= 0.3 is 0 Å². The van der Waals surface area contributed by atoms with Gasteiger partial charge in [-0.3, -0.25) is 0 Å². The number of hydrogen-bond donors (Lipinski definition) is 0. The van der Waals surface area contributed by atoms with Crippen molar-refractivity contribution in [1.82, 2.24) is 4.98 Å². The standard InChI is InChI=1S/C16H15N/c1-3-14-5-7-15(8-6-14)9-11-16-10-4-13(2)12-17-16/h4-8,10,12H,3H2,1-2H3. The molecule has 0 aliphatic heterocycles. The van der Waals surface area contributed by atoms with Crippen LogP contribution in [0.15, 0.2) is 42.6 Å². The molecule has 0 spiro atoms. The second kappa shape index (κ2) is 5.32. The van der Waals surface area contributed by atoms with E-state index in [1.807, 2.05) is 25.3 Å². The number of aryl methyl sites for hydroxylation is 2. The molecule has 0 N–H and O–H groups in total. The molecule has 1 heteroatoms. The van der Waals surface area contributed by atoms with Gasteiger partial charge in [0, 0.05) is 11.8 Å². The molecule has 1 heterocycles. The van der Waals surface area contributed by atoms with E-state index < -0.39 is 0 Å². The lowest BCUT2D eigenvalue weighted by Gasteiger charge is -1.95. The van der Waals surface area contributed by atoms with Crippen LogP contribution in [0.2, 0.25) is 0 Å². The van der Waals surface area contributed by atoms with Gasteiger partial charge in [-0.05, 0) is 48.6 Å². The molecule has 84 valence electrons. The molecule has 0 bridgehead atoms. The smallest absolute Gasteiger partial charge is 0.113 e. The summed E-state index contributed by atoms with van der Waals surface area (Å²) in [4.78, 5) is 4.25. The Morgan fingerprint density at radius 1 is 1.00 bits per heavy atom. The summed E-state index contributed by atoms with van der Waals surface area (Å²) in [6.45, 7) is 4.17. The molecule has 1 nitrogen and oxygen atoms in total. The lowest BCUT2D eigenvalue weighted by molar-refractivity contribution is 1.14. The maximum atomic E-state index is 4.25. The van der Waals surface area contributed by atoms with Gasteiger partial charge in [0.1, 0.15) is 5.69 Å². The van der Waals surface area contributed by atoms with E-state index >= 15 is 0 Å². The molecule has 17 heavy (non-hydrogen) atoms. The van der Waals surface area contributed by atoms with Crippen molar-refractivity contribution in [2.24, 2.45) is 0 Å². The summed E-state index contributed by atoms with van der Waals surface area (Å²) in [6, 6.07) is 12.3. The van der Waals surface area contributed by atoms with Gasteiger partial charge in [-0.1, -0.05) is 31.0 Å². The quantitative estimate of drug-likeness (QED) is 0.673. The van der Waals surface area contributed by atoms with E-state index in [0.717, 1.165) is 23.2 Å². The van der Waals surface area contributed by atoms with Crippen LogP contribution >= 0.6 is 0 Å². The molecule has 0 saturated heterocycles. The second-order valence-corrected chi connectivity index (χ2v) is 4.02. The fourth-order valence-electron chi connectivity index (χ4n) is 1.50. The first-order chi connectivity index (χ1) is 8.28. The molecule has 0 amide bonds. The largest absolute Gasteiger partial charge is 0.248 e. The molecule has 0 aliphatic carbocycles. The summed E-state index contributed by atoms with van der Waals surface area (Å²) in [6.07, 6.45) is 2.90. The molecule has 0 aliphatic rings. The molecule has 2 rings (SSSR count). The van der Waals surface area contributed by atoms with Crippen LogP contribution in [-0.2, 0) is 6.42 Å². The highest BCUT2D eigenvalue weighted by Crippen LogP contribution is 2.04. The van der Waals surface area contributed by atoms with E-state index in [4.69, 9.17) is 0 Å². The number of aromatic nitrogens is 1. The molecular weight excluding hydrogens is 206 g/mol. The van der Waals surface area contributed by atoms with Crippen molar-refractivity contribution in [3.05, 3.63) is 65.0 Å². The van der Waals surface area contributed by atoms with Crippen molar-refractivity contribution in [3.8, 4) is 11.8 Å². The third-order valence-electron chi connectivity index (χ3n) is 2.61. The van der Waals surface area contributed by atoms with E-state index in [-0.39, 0.29) is 0 Å². The summed E-state index contributed by atoms with van der Waals surface area (Å²) in [5.41, 5.74) is 4.34. The molecule has 0 fully saturated rings. The minimum absolute atomic E-state index is 0.815. The van der Waals surface area contributed by atoms with Gasteiger partial charge < -0.3 is 0 Å². The van der Waals surface area contributed by atoms with Crippen LogP contribution in [0.5, 0.6) is 0 Å². The number of rotatable bonds is 1. The second-order valence-electron chi connectivity index (χ2n) is 4.02. The van der Waals surface area contributed by atoms with Gasteiger partial charge in [-0.2, -0.15) is 0 Å². The third kappa shape index (κ3) is 3.19. The highest BCUT2D eigenvalue weighted by atomic mass is 14.7. The molecular formula is C16H15N. The number of benzene rings is 1. The van der Waals surface area contributed by atoms with Crippen LogP contribution in [0, 0.1) is 18.8 Å². The van der Waals surface area contributed by atoms with Crippen molar-refractivity contribution in [3.63, 3.8) is 0 Å². The summed E-state index contributed by atoms with van der Waals surface area (Å²) in [5.74, 6) is 6.18. The van der Waals surface area contributed by atoms with Crippen LogP contribution in [0.25, 0.3) is 0 Å². The summed E-state index contributed by atoms with van der Waals surface area (Å²) in [7, 11) is 0. The van der Waals surface area contributed by atoms with Crippen LogP contribution in [0.1, 0.15) is 29.3 Å². The predicted octanol–water partition coefficient (Wildman–Crippen LogP) is 3.35. The zero-order valence-electron chi connectivity index (χ0n) is 10.2. The van der Waals surface area contributed by atoms with Crippen LogP contribution < -0.4 is 0 Å². The van der Waals surface area contributed by atoms with Crippen molar-refractivity contribution in [2.45, 2.75) is 20.3 Å². The first-order valence-electron chi connectivity index (χ1n) is 5.81. The minimum Gasteiger partial charge on any atom is -0.248 e. The van der Waals surface area contributed by atoms with Crippen LogP contribution in [0.3, 0.4) is 0 Å². The van der Waals surface area contributed by atoms with Gasteiger partial charge in [0.2, 0.25) is 0 Å². The van der Waals surface area contributed by atoms with Crippen molar-refractivity contribution >= 4 is 0 Å². The van der Waals surface area contributed by atoms with Crippen molar-refractivity contribution in [1.29, 1.82) is 0 Å². The average molecular weight is 221 g/mol. The van der Waals surface area contributed by atoms with Crippen molar-refractivity contribution < 1.29 is 0 Å². The highest BCUT2D eigenvalue weighted by molar-refractivity contribution is 5.41. The Morgan fingerprint density at radius 3 is 2.35 bits per heavy atom. The molecule has 0 saturated carbocycles. The molecule has 0 radical (unpaired) electrons. The maximum absolute atomic E-state index is 4.25. The van der Waals surface area contributed by atoms with Crippen molar-refractivity contribution in [2.75, 3.05) is 0 Å². The Bertz CT molecular complexity index is 539. The molecule has 0 unspecified atom stereocenters. The third-order valence-corrected chi connectivity index (χ3v) is 2.61. The van der Waals surface area contributed by atoms with Crippen LogP contribution in [0.4, 0.5) is 0 Å². The molecule has 0 atom stereocenters. The number of nitrogens with zero attached hydrogens (tertiary/aromatic N) is 1. The summed E-state index contributed by atoms with van der Waals surface area (Å²) >= 11 is 0. The van der Waals surface area contributed by atoms with Gasteiger partial charge in [0.15, 0.2) is 0 Å². The predicted molar refractivity (Wildman–Crippen MR) is 70.8 cm³/mol. The van der Waals surface area contributed by atoms with Gasteiger partial charge in [-0.15, -0.1) is 0 Å². The van der Waals surface area contributed by atoms with Crippen LogP contribution in [-0.4, -0.2) is 4.98 Å². The fourth-order valence-corrected chi connectivity index (χ4v) is 1.50. The summed E-state index contributed by atoms with van der Waals surface area (Å²) < 4.78 is 0. The van der Waals surface area contributed by atoms with E-state index in [9.17, 15) is 0 Å². The van der Waals surface area contributed by atoms with E-state index in [0.29, 0.717) is 0 Å². The Morgan fingerprint density at radius 2 is 1.76 bits per heavy atom. The topological polar surface area (TPSA) is 12.9 Å². The van der Waals surface area contributed by atoms with E-state index in [2.05, 4.69) is 48.0 Å². The van der Waals surface area contributed by atoms with Gasteiger partial charge in [0.25, 0.3) is 0 Å². The lowest BCUT2D eigenvalue weighted by atomic mass is 10.1. The fraction of sp³-hybridized carbons (Fsp3) is 0.188. The van der Waals surface area contributed by atoms with E-state index in [1.165, 1.54) is 5.56 Å². The monoisotopic (exact) mass is 221 g/mol. The van der Waals surface area contributed by atoms with E-state index in [1.54, 1.807) is 0 Å². The highest BCUT2D eigenvalue weighted by Gasteiger charge is 1.90. The summed E-state index contributed by atoms with van der Waals surface area (Å²) in [5, 5.41) is 0. The minimum atomic E-state index is 0.815. The SMILES string of the molecule is CCc1ccc(C#Cc2ccc(C)cn2)cc1. The Hall–Kier alpha value is -2.07. The maximum Gasteiger partial charge on any atom is 0.113 e. The Balaban J connectivity index is 2.17. The molecule has 1 aromatic carbocycles. The first kappa shape index (κ1) is 11.4. The zero-order chi connectivity index (χ0) is 12.1. The zero-order valence-corrected chi connectivity index (χ0v) is 10.2. The van der Waals surface area contributed by atoms with Gasteiger partial charge in [0.05, 0.1) is 0 Å². The number of hydrogen-bond acceptors (Lipinski definition) is 1. The Kier molecular flexibility index (Phi) is 3.57. The normalized spacial score (nSPS) is 9.53.